The molecule has 120 valence electrons. The highest BCUT2D eigenvalue weighted by Gasteiger charge is 2.18. The van der Waals surface area contributed by atoms with Crippen molar-refractivity contribution in [2.45, 2.75) is 13.0 Å². The van der Waals surface area contributed by atoms with Crippen LogP contribution in [0.5, 0.6) is 0 Å². The molecule has 1 unspecified atom stereocenters. The fourth-order valence-electron chi connectivity index (χ4n) is 2.53. The normalized spacial score (nSPS) is 12.1. The van der Waals surface area contributed by atoms with Crippen molar-refractivity contribution >= 4 is 22.5 Å². The molecular formula is C17H12ClFN4O. The SMILES string of the molecule is CC(N)c1nc2cccc(Cl)c2c(=O)n1-c1cc(F)cc(C#N)c1. The first kappa shape index (κ1) is 16.1. The number of fused-ring (bicyclic) bond motifs is 1. The summed E-state index contributed by atoms with van der Waals surface area (Å²) in [5.41, 5.74) is 6.16. The van der Waals surface area contributed by atoms with Crippen LogP contribution in [0.3, 0.4) is 0 Å². The van der Waals surface area contributed by atoms with Crippen molar-refractivity contribution in [3.63, 3.8) is 0 Å². The van der Waals surface area contributed by atoms with Crippen LogP contribution in [0.15, 0.2) is 41.2 Å². The molecule has 0 aliphatic carbocycles. The van der Waals surface area contributed by atoms with Crippen molar-refractivity contribution in [3.8, 4) is 11.8 Å². The molecule has 1 aromatic heterocycles. The number of benzene rings is 2. The van der Waals surface area contributed by atoms with Gasteiger partial charge in [-0.15, -0.1) is 0 Å². The molecule has 7 heteroatoms. The largest absolute Gasteiger partial charge is 0.322 e. The van der Waals surface area contributed by atoms with Crippen LogP contribution in [0.25, 0.3) is 16.6 Å². The minimum atomic E-state index is -0.633. The van der Waals surface area contributed by atoms with Crippen LogP contribution < -0.4 is 11.3 Å². The highest BCUT2D eigenvalue weighted by atomic mass is 35.5. The third-order valence-electron chi connectivity index (χ3n) is 3.55. The predicted octanol–water partition coefficient (Wildman–Crippen LogP) is 3.07. The van der Waals surface area contributed by atoms with Gasteiger partial charge in [-0.05, 0) is 37.3 Å². The van der Waals surface area contributed by atoms with Crippen molar-refractivity contribution in [1.29, 1.82) is 5.26 Å². The van der Waals surface area contributed by atoms with Crippen LogP contribution in [-0.4, -0.2) is 9.55 Å². The summed E-state index contributed by atoms with van der Waals surface area (Å²) in [5, 5.41) is 9.49. The molecule has 5 nitrogen and oxygen atoms in total. The molecule has 0 bridgehead atoms. The molecule has 0 saturated heterocycles. The standard InChI is InChI=1S/C17H12ClFN4O/c1-9(21)16-22-14-4-2-3-13(18)15(14)17(24)23(16)12-6-10(8-20)5-11(19)7-12/h2-7,9H,21H2,1H3. The summed E-state index contributed by atoms with van der Waals surface area (Å²) in [4.78, 5) is 17.4. The molecule has 0 saturated carbocycles. The summed E-state index contributed by atoms with van der Waals surface area (Å²) in [6.45, 7) is 1.67. The van der Waals surface area contributed by atoms with E-state index < -0.39 is 17.4 Å². The molecule has 0 aliphatic rings. The minimum absolute atomic E-state index is 0.0896. The van der Waals surface area contributed by atoms with Gasteiger partial charge in [-0.25, -0.2) is 9.37 Å². The molecule has 24 heavy (non-hydrogen) atoms. The van der Waals surface area contributed by atoms with Crippen molar-refractivity contribution < 1.29 is 4.39 Å². The quantitative estimate of drug-likeness (QED) is 0.775. The van der Waals surface area contributed by atoms with Crippen molar-refractivity contribution in [1.82, 2.24) is 9.55 Å². The first-order valence-corrected chi connectivity index (χ1v) is 7.48. The summed E-state index contributed by atoms with van der Waals surface area (Å²) in [6, 6.07) is 9.83. The molecule has 1 heterocycles. The van der Waals surface area contributed by atoms with Gasteiger partial charge in [0.05, 0.1) is 39.3 Å². The zero-order valence-electron chi connectivity index (χ0n) is 12.6. The Hall–Kier alpha value is -2.75. The maximum Gasteiger partial charge on any atom is 0.267 e. The summed E-state index contributed by atoms with van der Waals surface area (Å²) in [5.74, 6) is -0.380. The summed E-state index contributed by atoms with van der Waals surface area (Å²) >= 11 is 6.13. The highest BCUT2D eigenvalue weighted by Crippen LogP contribution is 2.22. The highest BCUT2D eigenvalue weighted by molar-refractivity contribution is 6.35. The Morgan fingerprint density at radius 2 is 2.12 bits per heavy atom. The number of nitrogens with two attached hydrogens (primary N) is 1. The summed E-state index contributed by atoms with van der Waals surface area (Å²) < 4.78 is 15.0. The molecule has 0 radical (unpaired) electrons. The average molecular weight is 343 g/mol. The number of rotatable bonds is 2. The Balaban J connectivity index is 2.47. The lowest BCUT2D eigenvalue weighted by molar-refractivity contribution is 0.623. The van der Waals surface area contributed by atoms with E-state index in [1.54, 1.807) is 25.1 Å². The number of aromatic nitrogens is 2. The zero-order chi connectivity index (χ0) is 17.4. The van der Waals surface area contributed by atoms with E-state index in [0.717, 1.165) is 12.1 Å². The van der Waals surface area contributed by atoms with Crippen LogP contribution >= 0.6 is 11.6 Å². The van der Waals surface area contributed by atoms with E-state index in [2.05, 4.69) is 4.98 Å². The molecule has 0 amide bonds. The summed E-state index contributed by atoms with van der Waals surface area (Å²) in [6.07, 6.45) is 0. The molecule has 0 spiro atoms. The van der Waals surface area contributed by atoms with E-state index in [0.29, 0.717) is 5.52 Å². The lowest BCUT2D eigenvalue weighted by Crippen LogP contribution is -2.27. The smallest absolute Gasteiger partial charge is 0.267 e. The Kier molecular flexibility index (Phi) is 4.06. The third-order valence-corrected chi connectivity index (χ3v) is 3.86. The molecule has 0 aliphatic heterocycles. The van der Waals surface area contributed by atoms with Crippen molar-refractivity contribution in [2.24, 2.45) is 5.73 Å². The van der Waals surface area contributed by atoms with Gasteiger partial charge in [0, 0.05) is 0 Å². The first-order chi connectivity index (χ1) is 11.4. The molecule has 3 aromatic rings. The van der Waals surface area contributed by atoms with E-state index in [1.807, 2.05) is 6.07 Å². The average Bonchev–Trinajstić information content (AvgIpc) is 2.53. The van der Waals surface area contributed by atoms with Gasteiger partial charge in [0.25, 0.3) is 5.56 Å². The number of hydrogen-bond donors (Lipinski definition) is 1. The molecule has 3 rings (SSSR count). The van der Waals surface area contributed by atoms with E-state index in [-0.39, 0.29) is 27.5 Å². The second-order valence-electron chi connectivity index (χ2n) is 5.34. The topological polar surface area (TPSA) is 84.7 Å². The lowest BCUT2D eigenvalue weighted by Gasteiger charge is -2.16. The second kappa shape index (κ2) is 6.04. The molecular weight excluding hydrogens is 331 g/mol. The Labute approximate surface area is 141 Å². The van der Waals surface area contributed by atoms with Gasteiger partial charge in [0.2, 0.25) is 0 Å². The number of nitriles is 1. The van der Waals surface area contributed by atoms with Crippen molar-refractivity contribution in [3.05, 3.63) is 69.0 Å². The maximum atomic E-state index is 13.8. The van der Waals surface area contributed by atoms with Crippen LogP contribution in [0.4, 0.5) is 4.39 Å². The van der Waals surface area contributed by atoms with Crippen LogP contribution in [0.2, 0.25) is 5.02 Å². The zero-order valence-corrected chi connectivity index (χ0v) is 13.4. The van der Waals surface area contributed by atoms with E-state index in [1.165, 1.54) is 10.6 Å². The second-order valence-corrected chi connectivity index (χ2v) is 5.75. The Bertz CT molecular complexity index is 1050. The molecule has 1 atom stereocenters. The molecule has 2 N–H and O–H groups in total. The number of halogens is 2. The predicted molar refractivity (Wildman–Crippen MR) is 89.6 cm³/mol. The minimum Gasteiger partial charge on any atom is -0.322 e. The Morgan fingerprint density at radius 1 is 1.38 bits per heavy atom. The van der Waals surface area contributed by atoms with Crippen LogP contribution in [0, 0.1) is 17.1 Å². The fourth-order valence-corrected chi connectivity index (χ4v) is 2.78. The monoisotopic (exact) mass is 342 g/mol. The van der Waals surface area contributed by atoms with Gasteiger partial charge < -0.3 is 5.73 Å². The molecule has 0 fully saturated rings. The van der Waals surface area contributed by atoms with E-state index in [9.17, 15) is 9.18 Å². The molecule has 2 aromatic carbocycles. The van der Waals surface area contributed by atoms with Crippen molar-refractivity contribution in [2.75, 3.05) is 0 Å². The number of hydrogen-bond acceptors (Lipinski definition) is 4. The first-order valence-electron chi connectivity index (χ1n) is 7.10. The Morgan fingerprint density at radius 3 is 2.79 bits per heavy atom. The van der Waals surface area contributed by atoms with Gasteiger partial charge in [0.1, 0.15) is 11.6 Å². The number of nitrogens with zero attached hydrogens (tertiary/aromatic N) is 3. The van der Waals surface area contributed by atoms with Gasteiger partial charge >= 0.3 is 0 Å². The van der Waals surface area contributed by atoms with E-state index in [4.69, 9.17) is 22.6 Å². The van der Waals surface area contributed by atoms with Crippen LogP contribution in [-0.2, 0) is 0 Å². The van der Waals surface area contributed by atoms with Gasteiger partial charge in [-0.1, -0.05) is 17.7 Å². The lowest BCUT2D eigenvalue weighted by atomic mass is 10.1. The third kappa shape index (κ3) is 2.64. The van der Waals surface area contributed by atoms with Gasteiger partial charge in [-0.3, -0.25) is 9.36 Å². The fraction of sp³-hybridized carbons (Fsp3) is 0.118. The summed E-state index contributed by atoms with van der Waals surface area (Å²) in [7, 11) is 0. The van der Waals surface area contributed by atoms with Crippen LogP contribution in [0.1, 0.15) is 24.4 Å². The van der Waals surface area contributed by atoms with Gasteiger partial charge in [-0.2, -0.15) is 5.26 Å². The maximum absolute atomic E-state index is 13.8. The van der Waals surface area contributed by atoms with E-state index >= 15 is 0 Å². The van der Waals surface area contributed by atoms with Gasteiger partial charge in [0.15, 0.2) is 0 Å².